The summed E-state index contributed by atoms with van der Waals surface area (Å²) < 4.78 is 5.64. The van der Waals surface area contributed by atoms with Gasteiger partial charge in [-0.05, 0) is 67.0 Å². The van der Waals surface area contributed by atoms with Crippen LogP contribution in [-0.4, -0.2) is 67.0 Å². The van der Waals surface area contributed by atoms with Crippen molar-refractivity contribution in [1.29, 1.82) is 0 Å². The number of amides is 2. The van der Waals surface area contributed by atoms with Crippen LogP contribution in [0.15, 0.2) is 64.4 Å². The molecule has 0 bridgehead atoms. The molecule has 4 heterocycles. The number of furan rings is 1. The molecule has 6 rings (SSSR count). The minimum Gasteiger partial charge on any atom is -0.458 e. The van der Waals surface area contributed by atoms with Crippen LogP contribution in [0.3, 0.4) is 0 Å². The van der Waals surface area contributed by atoms with Crippen molar-refractivity contribution in [2.45, 2.75) is 76.7 Å². The van der Waals surface area contributed by atoms with Crippen molar-refractivity contribution < 1.29 is 14.0 Å². The third-order valence-electron chi connectivity index (χ3n) is 8.22. The zero-order chi connectivity index (χ0) is 28.9. The lowest BCUT2D eigenvalue weighted by atomic mass is 9.99. The van der Waals surface area contributed by atoms with Gasteiger partial charge in [-0.15, -0.1) is 21.5 Å². The second kappa shape index (κ2) is 13.0. The highest BCUT2D eigenvalue weighted by molar-refractivity contribution is 7.10. The number of rotatable bonds is 10. The Bertz CT molecular complexity index is 1450. The molecule has 1 aromatic carbocycles. The number of hydrogen-bond acceptors (Lipinski definition) is 8. The summed E-state index contributed by atoms with van der Waals surface area (Å²) >= 11 is 1.51. The van der Waals surface area contributed by atoms with Crippen LogP contribution >= 0.6 is 11.3 Å². The third kappa shape index (κ3) is 6.63. The van der Waals surface area contributed by atoms with E-state index in [1.165, 1.54) is 21.7 Å². The summed E-state index contributed by atoms with van der Waals surface area (Å²) in [6.45, 7) is 4.29. The van der Waals surface area contributed by atoms with Crippen molar-refractivity contribution in [3.05, 3.63) is 76.2 Å². The first-order valence-corrected chi connectivity index (χ1v) is 15.7. The van der Waals surface area contributed by atoms with Crippen molar-refractivity contribution in [2.24, 2.45) is 0 Å². The number of aromatic nitrogens is 4. The van der Waals surface area contributed by atoms with Crippen LogP contribution < -0.4 is 5.32 Å². The molecular weight excluding hydrogens is 550 g/mol. The Hall–Kier alpha value is -3.83. The highest BCUT2D eigenvalue weighted by Crippen LogP contribution is 2.32. The number of thiophene rings is 1. The lowest BCUT2D eigenvalue weighted by molar-refractivity contribution is -0.146. The number of aryl methyl sites for hydroxylation is 1. The molecule has 1 aliphatic carbocycles. The Labute approximate surface area is 249 Å². The molecule has 3 aromatic heterocycles. The van der Waals surface area contributed by atoms with E-state index in [1.807, 2.05) is 41.5 Å². The number of benzene rings is 1. The molecule has 2 amide bonds. The van der Waals surface area contributed by atoms with Crippen molar-refractivity contribution in [2.75, 3.05) is 13.1 Å². The van der Waals surface area contributed by atoms with E-state index in [9.17, 15) is 9.59 Å². The van der Waals surface area contributed by atoms with E-state index >= 15 is 0 Å². The van der Waals surface area contributed by atoms with Gasteiger partial charge < -0.3 is 14.6 Å². The molecule has 11 heteroatoms. The summed E-state index contributed by atoms with van der Waals surface area (Å²) in [4.78, 5) is 34.6. The van der Waals surface area contributed by atoms with Gasteiger partial charge in [0.15, 0.2) is 5.76 Å². The summed E-state index contributed by atoms with van der Waals surface area (Å²) in [5.74, 6) is 1.26. The first-order valence-electron chi connectivity index (χ1n) is 14.8. The number of carbonyl (C=O) groups excluding carboxylic acids is 2. The molecule has 42 heavy (non-hydrogen) atoms. The summed E-state index contributed by atoms with van der Waals surface area (Å²) in [6.07, 6.45) is 5.75. The van der Waals surface area contributed by atoms with E-state index in [-0.39, 0.29) is 30.4 Å². The zero-order valence-electron chi connectivity index (χ0n) is 23.9. The largest absolute Gasteiger partial charge is 0.458 e. The minimum absolute atomic E-state index is 0.0957. The Morgan fingerprint density at radius 1 is 1.05 bits per heavy atom. The molecule has 1 saturated heterocycles. The number of likely N-dealkylation sites (tertiary alicyclic amines) is 1. The highest BCUT2D eigenvalue weighted by atomic mass is 32.1. The summed E-state index contributed by atoms with van der Waals surface area (Å²) in [5.41, 5.74) is 1.27. The summed E-state index contributed by atoms with van der Waals surface area (Å²) in [5, 5.41) is 17.9. The van der Waals surface area contributed by atoms with Crippen LogP contribution in [-0.2, 0) is 22.7 Å². The smallest absolute Gasteiger partial charge is 0.248 e. The van der Waals surface area contributed by atoms with E-state index in [0.29, 0.717) is 11.6 Å². The van der Waals surface area contributed by atoms with Gasteiger partial charge in [0.2, 0.25) is 17.6 Å². The average Bonchev–Trinajstić information content (AvgIpc) is 3.82. The van der Waals surface area contributed by atoms with Crippen molar-refractivity contribution in [1.82, 2.24) is 35.3 Å². The number of nitrogens with zero attached hydrogens (tertiary/aromatic N) is 6. The van der Waals surface area contributed by atoms with Crippen LogP contribution in [0.2, 0.25) is 0 Å². The average molecular weight is 588 g/mol. The van der Waals surface area contributed by atoms with Crippen LogP contribution in [0.25, 0.3) is 11.6 Å². The van der Waals surface area contributed by atoms with Gasteiger partial charge in [0.25, 0.3) is 0 Å². The number of piperidine rings is 1. The number of hydrogen-bond donors (Lipinski definition) is 1. The minimum atomic E-state index is -0.709. The molecule has 2 fully saturated rings. The lowest BCUT2D eigenvalue weighted by Gasteiger charge is -2.42. The van der Waals surface area contributed by atoms with Gasteiger partial charge in [0.05, 0.1) is 0 Å². The van der Waals surface area contributed by atoms with Crippen molar-refractivity contribution in [3.8, 4) is 11.6 Å². The number of tetrazole rings is 1. The van der Waals surface area contributed by atoms with Gasteiger partial charge in [0, 0.05) is 36.6 Å². The van der Waals surface area contributed by atoms with Crippen LogP contribution in [0.5, 0.6) is 0 Å². The maximum atomic E-state index is 14.2. The first-order chi connectivity index (χ1) is 20.5. The normalized spacial score (nSPS) is 17.4. The lowest BCUT2D eigenvalue weighted by Crippen LogP contribution is -2.53. The standard InChI is InChI=1S/C31H37N7O3S/c1-22-13-14-26(41-22)30-33-35-37(34-30)21-28(39)38(25-15-17-36(18-16-25)20-23-8-3-2-4-9-23)29(27-12-7-19-42-27)31(40)32-24-10-5-6-11-24/h2-4,7-9,12-14,19,24-25,29H,5-6,10-11,15-18,20-21H2,1H3,(H,32,40). The summed E-state index contributed by atoms with van der Waals surface area (Å²) in [7, 11) is 0. The molecule has 220 valence electrons. The van der Waals surface area contributed by atoms with Crippen LogP contribution in [0.1, 0.15) is 60.8 Å². The highest BCUT2D eigenvalue weighted by Gasteiger charge is 2.39. The van der Waals surface area contributed by atoms with Gasteiger partial charge >= 0.3 is 0 Å². The molecule has 1 N–H and O–H groups in total. The molecule has 0 radical (unpaired) electrons. The molecule has 1 saturated carbocycles. The molecule has 1 atom stereocenters. The molecule has 1 aliphatic heterocycles. The quantitative estimate of drug-likeness (QED) is 0.289. The molecular formula is C31H37N7O3S. The van der Waals surface area contributed by atoms with Crippen molar-refractivity contribution >= 4 is 23.2 Å². The fraction of sp³-hybridized carbons (Fsp3) is 0.452. The van der Waals surface area contributed by atoms with E-state index in [4.69, 9.17) is 4.42 Å². The van der Waals surface area contributed by atoms with Gasteiger partial charge in [0.1, 0.15) is 18.3 Å². The molecule has 1 unspecified atom stereocenters. The number of carbonyl (C=O) groups is 2. The Balaban J connectivity index is 1.24. The van der Waals surface area contributed by atoms with Gasteiger partial charge in [-0.25, -0.2) is 0 Å². The fourth-order valence-electron chi connectivity index (χ4n) is 6.11. The monoisotopic (exact) mass is 587 g/mol. The Morgan fingerprint density at radius 2 is 1.83 bits per heavy atom. The maximum Gasteiger partial charge on any atom is 0.248 e. The van der Waals surface area contributed by atoms with Crippen LogP contribution in [0.4, 0.5) is 0 Å². The number of nitrogens with one attached hydrogen (secondary N) is 1. The fourth-order valence-corrected chi connectivity index (χ4v) is 6.93. The third-order valence-corrected chi connectivity index (χ3v) is 9.14. The maximum absolute atomic E-state index is 14.2. The van der Waals surface area contributed by atoms with Crippen LogP contribution in [0, 0.1) is 6.92 Å². The van der Waals surface area contributed by atoms with Gasteiger partial charge in [-0.2, -0.15) is 4.80 Å². The van der Waals surface area contributed by atoms with E-state index in [2.05, 4.69) is 49.9 Å². The van der Waals surface area contributed by atoms with E-state index in [0.717, 1.165) is 68.8 Å². The van der Waals surface area contributed by atoms with E-state index < -0.39 is 6.04 Å². The second-order valence-electron chi connectivity index (χ2n) is 11.3. The SMILES string of the molecule is Cc1ccc(-c2nnn(CC(=O)N(C3CCN(Cc4ccccc4)CC3)C(C(=O)NC3CCCC3)c3cccs3)n2)o1. The molecule has 0 spiro atoms. The molecule has 4 aromatic rings. The van der Waals surface area contributed by atoms with Gasteiger partial charge in [-0.3, -0.25) is 14.5 Å². The molecule has 2 aliphatic rings. The van der Waals surface area contributed by atoms with Crippen molar-refractivity contribution in [3.63, 3.8) is 0 Å². The predicted molar refractivity (Wildman–Crippen MR) is 159 cm³/mol. The predicted octanol–water partition coefficient (Wildman–Crippen LogP) is 4.60. The Morgan fingerprint density at radius 3 is 2.52 bits per heavy atom. The van der Waals surface area contributed by atoms with E-state index in [1.54, 1.807) is 6.07 Å². The van der Waals surface area contributed by atoms with Gasteiger partial charge in [-0.1, -0.05) is 49.2 Å². The molecule has 10 nitrogen and oxygen atoms in total. The topological polar surface area (TPSA) is 109 Å². The Kier molecular flexibility index (Phi) is 8.76. The second-order valence-corrected chi connectivity index (χ2v) is 12.2. The first kappa shape index (κ1) is 28.3. The summed E-state index contributed by atoms with van der Waals surface area (Å²) in [6, 6.07) is 17.3. The zero-order valence-corrected chi connectivity index (χ0v) is 24.7.